The molecule has 1 saturated heterocycles. The molecule has 1 heterocycles. The first-order chi connectivity index (χ1) is 17.2. The van der Waals surface area contributed by atoms with E-state index in [1.54, 1.807) is 0 Å². The van der Waals surface area contributed by atoms with E-state index in [1.165, 1.54) is 30.6 Å². The van der Waals surface area contributed by atoms with Crippen molar-refractivity contribution < 1.29 is 34.1 Å². The smallest absolute Gasteiger partial charge is 0.310 e. The summed E-state index contributed by atoms with van der Waals surface area (Å²) in [6.07, 6.45) is 10.3. The maximum absolute atomic E-state index is 13.2. The summed E-state index contributed by atoms with van der Waals surface area (Å²) in [5.74, 6) is -0.577. The van der Waals surface area contributed by atoms with Crippen molar-refractivity contribution in [1.82, 2.24) is 4.90 Å². The number of carbonyl (C=O) groups excluding carboxylic acids is 3. The number of amides is 1. The Morgan fingerprint density at radius 3 is 2.33 bits per heavy atom. The lowest BCUT2D eigenvalue weighted by Gasteiger charge is -2.25. The second kappa shape index (κ2) is 11.6. The van der Waals surface area contributed by atoms with Crippen molar-refractivity contribution in [3.05, 3.63) is 0 Å². The van der Waals surface area contributed by atoms with Gasteiger partial charge in [-0.25, -0.2) is 0 Å². The second-order valence-corrected chi connectivity index (χ2v) is 11.9. The van der Waals surface area contributed by atoms with E-state index in [0.717, 1.165) is 38.5 Å². The number of nitrogens with zero attached hydrogens (tertiary/aromatic N) is 1. The Hall–Kier alpha value is -1.96. The molecule has 3 saturated carbocycles. The third-order valence-corrected chi connectivity index (χ3v) is 9.07. The number of aliphatic hydroxyl groups excluding tert-OH is 1. The van der Waals surface area contributed by atoms with Crippen LogP contribution < -0.4 is 0 Å². The van der Waals surface area contributed by atoms with Crippen molar-refractivity contribution in [1.29, 1.82) is 0 Å². The minimum absolute atomic E-state index is 0.00278. The summed E-state index contributed by atoms with van der Waals surface area (Å²) in [4.78, 5) is 51.7. The van der Waals surface area contributed by atoms with Crippen LogP contribution in [0.1, 0.15) is 103 Å². The van der Waals surface area contributed by atoms with Crippen molar-refractivity contribution in [3.63, 3.8) is 0 Å². The predicted molar refractivity (Wildman–Crippen MR) is 132 cm³/mol. The second-order valence-electron chi connectivity index (χ2n) is 11.9. The fraction of sp³-hybridized carbons (Fsp3) is 0.857. The van der Waals surface area contributed by atoms with E-state index in [4.69, 9.17) is 4.74 Å². The van der Waals surface area contributed by atoms with Crippen molar-refractivity contribution in [2.75, 3.05) is 6.54 Å². The molecule has 1 amide bonds. The predicted octanol–water partition coefficient (Wildman–Crippen LogP) is 3.87. The Morgan fingerprint density at radius 2 is 1.64 bits per heavy atom. The number of carboxylic acids is 1. The highest BCUT2D eigenvalue weighted by atomic mass is 16.5. The number of β-amino-alcohol motifs (C(OH)–C–C–N with tert-alkyl or cyclic N) is 1. The van der Waals surface area contributed by atoms with Gasteiger partial charge in [0, 0.05) is 25.8 Å². The number of Topliss-reactive ketones (excluding diaryl/α,β-unsaturated/α-hetero) is 1. The molecule has 3 aliphatic carbocycles. The molecule has 8 heteroatoms. The van der Waals surface area contributed by atoms with Crippen LogP contribution in [0.5, 0.6) is 0 Å². The van der Waals surface area contributed by atoms with Gasteiger partial charge in [-0.15, -0.1) is 0 Å². The van der Waals surface area contributed by atoms with Gasteiger partial charge in [0.2, 0.25) is 5.91 Å². The van der Waals surface area contributed by atoms with Crippen LogP contribution in [0, 0.1) is 23.2 Å². The number of ketones is 1. The quantitative estimate of drug-likeness (QED) is 0.256. The molecule has 0 radical (unpaired) electrons. The average Bonchev–Trinajstić information content (AvgIpc) is 3.64. The van der Waals surface area contributed by atoms with Crippen molar-refractivity contribution in [2.24, 2.45) is 23.2 Å². The molecule has 7 atom stereocenters. The number of aliphatic hydroxyl groups is 1. The van der Waals surface area contributed by atoms with E-state index in [1.807, 2.05) is 0 Å². The number of hydrogen-bond donors (Lipinski definition) is 2. The maximum atomic E-state index is 13.2. The third-order valence-electron chi connectivity index (χ3n) is 9.07. The third kappa shape index (κ3) is 6.48. The van der Waals surface area contributed by atoms with E-state index in [9.17, 15) is 29.4 Å². The summed E-state index contributed by atoms with van der Waals surface area (Å²) >= 11 is 0. The summed E-state index contributed by atoms with van der Waals surface area (Å²) in [6.45, 7) is 2.21. The molecule has 1 aliphatic heterocycles. The number of carbonyl (C=O) groups is 4. The van der Waals surface area contributed by atoms with E-state index in [2.05, 4.69) is 6.92 Å². The van der Waals surface area contributed by atoms with Crippen LogP contribution in [-0.2, 0) is 23.9 Å². The summed E-state index contributed by atoms with van der Waals surface area (Å²) < 4.78 is 5.50. The number of unbranched alkanes of at least 4 members (excludes halogenated alkanes) is 5. The Labute approximate surface area is 214 Å². The molecule has 0 aromatic heterocycles. The highest BCUT2D eigenvalue weighted by molar-refractivity contribution is 5.94. The Morgan fingerprint density at radius 1 is 0.944 bits per heavy atom. The molecule has 0 bridgehead atoms. The lowest BCUT2D eigenvalue weighted by Crippen LogP contribution is -2.42. The first kappa shape index (κ1) is 27.1. The molecule has 4 fully saturated rings. The normalized spacial score (nSPS) is 34.3. The molecular weight excluding hydrogens is 462 g/mol. The number of hydrogen-bond acceptors (Lipinski definition) is 6. The summed E-state index contributed by atoms with van der Waals surface area (Å²) in [7, 11) is 0. The summed E-state index contributed by atoms with van der Waals surface area (Å²) in [6, 6.07) is -0.822. The van der Waals surface area contributed by atoms with Crippen LogP contribution in [0.25, 0.3) is 0 Å². The molecule has 4 aliphatic rings. The molecule has 0 aromatic carbocycles. The van der Waals surface area contributed by atoms with Crippen LogP contribution >= 0.6 is 0 Å². The number of aliphatic carboxylic acids is 1. The van der Waals surface area contributed by atoms with E-state index in [0.29, 0.717) is 18.3 Å². The van der Waals surface area contributed by atoms with Gasteiger partial charge in [0.15, 0.2) is 5.78 Å². The number of fused-ring (bicyclic) bond motifs is 1. The zero-order chi connectivity index (χ0) is 25.9. The summed E-state index contributed by atoms with van der Waals surface area (Å²) in [5, 5.41) is 20.1. The number of likely N-dealkylation sites (tertiary alicyclic amines) is 1. The molecule has 0 spiro atoms. The lowest BCUT2D eigenvalue weighted by atomic mass is 9.90. The van der Waals surface area contributed by atoms with Gasteiger partial charge in [-0.3, -0.25) is 19.2 Å². The van der Waals surface area contributed by atoms with Crippen molar-refractivity contribution >= 4 is 23.6 Å². The molecule has 8 nitrogen and oxygen atoms in total. The van der Waals surface area contributed by atoms with E-state index < -0.39 is 29.5 Å². The van der Waals surface area contributed by atoms with Gasteiger partial charge in [0.25, 0.3) is 0 Å². The van der Waals surface area contributed by atoms with Gasteiger partial charge in [0.05, 0.1) is 24.0 Å². The minimum Gasteiger partial charge on any atom is -0.481 e. The molecule has 0 aromatic rings. The number of rotatable bonds is 15. The maximum Gasteiger partial charge on any atom is 0.310 e. The fourth-order valence-corrected chi connectivity index (χ4v) is 6.66. The topological polar surface area (TPSA) is 121 Å². The fourth-order valence-electron chi connectivity index (χ4n) is 6.66. The number of esters is 1. The first-order valence-corrected chi connectivity index (χ1v) is 14.2. The minimum atomic E-state index is -1.03. The van der Waals surface area contributed by atoms with Crippen LogP contribution in [0.3, 0.4) is 0 Å². The van der Waals surface area contributed by atoms with Crippen molar-refractivity contribution in [2.45, 2.75) is 121 Å². The molecule has 1 unspecified atom stereocenters. The molecule has 36 heavy (non-hydrogen) atoms. The molecular formula is C28H43NO7. The zero-order valence-corrected chi connectivity index (χ0v) is 21.7. The van der Waals surface area contributed by atoms with Gasteiger partial charge in [-0.1, -0.05) is 45.4 Å². The largest absolute Gasteiger partial charge is 0.481 e. The van der Waals surface area contributed by atoms with Crippen LogP contribution in [-0.4, -0.2) is 63.5 Å². The van der Waals surface area contributed by atoms with Gasteiger partial charge in [-0.2, -0.15) is 0 Å². The Kier molecular flexibility index (Phi) is 8.74. The number of ether oxygens (including phenoxy) is 1. The Balaban J connectivity index is 1.23. The van der Waals surface area contributed by atoms with Gasteiger partial charge in [0.1, 0.15) is 6.10 Å². The monoisotopic (exact) mass is 505 g/mol. The molecule has 202 valence electrons. The van der Waals surface area contributed by atoms with Crippen molar-refractivity contribution in [3.8, 4) is 0 Å². The standard InChI is InChI=1S/C28H43NO7/c1-2-3-4-5-6-7-8-20-15-28(20,27(34)35)16-24(31)23-14-21(30)17-29(23)25(32)9-10-26(33)36-22-12-18-11-19(18)13-22/h18-23,30H,2-17H2,1H3,(H,34,35)/t18-,19+,20-,21-,22?,23+,28-/m1/s1. The molecule has 2 N–H and O–H groups in total. The van der Waals surface area contributed by atoms with E-state index in [-0.39, 0.29) is 55.9 Å². The number of carboxylic acid groups (broad SMARTS) is 1. The highest BCUT2D eigenvalue weighted by Gasteiger charge is 2.61. The van der Waals surface area contributed by atoms with Crippen LogP contribution in [0.15, 0.2) is 0 Å². The molecule has 4 rings (SSSR count). The van der Waals surface area contributed by atoms with Crippen LogP contribution in [0.2, 0.25) is 0 Å². The highest BCUT2D eigenvalue weighted by Crippen LogP contribution is 2.58. The SMILES string of the molecule is CCCCCCCC[C@@H]1C[C@]1(CC(=O)[C@@H]1C[C@@H](O)CN1C(=O)CCC(=O)OC1C[C@@H]2C[C@@H]2C1)C(=O)O. The summed E-state index contributed by atoms with van der Waals surface area (Å²) in [5.41, 5.74) is -1.03. The Bertz CT molecular complexity index is 834. The van der Waals surface area contributed by atoms with Crippen LogP contribution in [0.4, 0.5) is 0 Å². The first-order valence-electron chi connectivity index (χ1n) is 14.2. The average molecular weight is 506 g/mol. The van der Waals surface area contributed by atoms with E-state index >= 15 is 0 Å². The zero-order valence-electron chi connectivity index (χ0n) is 21.7. The van der Waals surface area contributed by atoms with Gasteiger partial charge in [-0.05, 0) is 49.9 Å². The lowest BCUT2D eigenvalue weighted by molar-refractivity contribution is -0.151. The van der Waals surface area contributed by atoms with Gasteiger partial charge < -0.3 is 19.8 Å². The van der Waals surface area contributed by atoms with Gasteiger partial charge >= 0.3 is 11.9 Å².